The lowest BCUT2D eigenvalue weighted by Crippen LogP contribution is -2.15. The predicted molar refractivity (Wildman–Crippen MR) is 57.3 cm³/mol. The van der Waals surface area contributed by atoms with Crippen LogP contribution in [0.2, 0.25) is 0 Å². The van der Waals surface area contributed by atoms with Gasteiger partial charge in [0, 0.05) is 0 Å². The van der Waals surface area contributed by atoms with Crippen LogP contribution in [0.1, 0.15) is 5.56 Å². The van der Waals surface area contributed by atoms with Gasteiger partial charge in [-0.15, -0.1) is 0 Å². The molecule has 0 atom stereocenters. The average molecular weight is 225 g/mol. The van der Waals surface area contributed by atoms with E-state index >= 15 is 0 Å². The Bertz CT molecular complexity index is 412. The molecule has 0 aliphatic carbocycles. The number of hydrogen-bond donors (Lipinski definition) is 0. The van der Waals surface area contributed by atoms with Gasteiger partial charge in [0.05, 0.1) is 0 Å². The molecule has 1 aliphatic heterocycles. The summed E-state index contributed by atoms with van der Waals surface area (Å²) in [4.78, 5) is 10.5. The molecule has 1 aromatic carbocycles. The largest absolute Gasteiger partial charge is 0.486 e. The van der Waals surface area contributed by atoms with Crippen molar-refractivity contribution in [1.82, 2.24) is 0 Å². The maximum Gasteiger partial charge on any atom is 0.245 e. The van der Waals surface area contributed by atoms with Crippen LogP contribution < -0.4 is 9.47 Å². The summed E-state index contributed by atoms with van der Waals surface area (Å²) in [6, 6.07) is 5.46. The predicted octanol–water partition coefficient (Wildman–Crippen LogP) is 2.24. The molecule has 0 N–H and O–H groups in total. The van der Waals surface area contributed by atoms with Gasteiger partial charge in [-0.2, -0.15) is 0 Å². The second kappa shape index (κ2) is 4.36. The summed E-state index contributed by atoms with van der Waals surface area (Å²) in [7, 11) is 0. The van der Waals surface area contributed by atoms with Crippen LogP contribution in [-0.4, -0.2) is 18.5 Å². The monoisotopic (exact) mass is 224 g/mol. The Morgan fingerprint density at radius 2 is 2.00 bits per heavy atom. The minimum atomic E-state index is -0.495. The minimum Gasteiger partial charge on any atom is -0.486 e. The molecule has 0 amide bonds. The van der Waals surface area contributed by atoms with Gasteiger partial charge in [0.2, 0.25) is 5.24 Å². The van der Waals surface area contributed by atoms with E-state index in [1.54, 1.807) is 6.08 Å². The third-order valence-corrected chi connectivity index (χ3v) is 2.10. The highest BCUT2D eigenvalue weighted by Gasteiger charge is 2.10. The SMILES string of the molecule is O=C(Cl)C=Cc1ccc2c(c1)OCCO2. The van der Waals surface area contributed by atoms with Crippen LogP contribution in [0.5, 0.6) is 11.5 Å². The number of carbonyl (C=O) groups is 1. The number of fused-ring (bicyclic) bond motifs is 1. The second-order valence-corrected chi connectivity index (χ2v) is 3.41. The molecule has 0 radical (unpaired) electrons. The van der Waals surface area contributed by atoms with E-state index in [-0.39, 0.29) is 0 Å². The van der Waals surface area contributed by atoms with Crippen molar-refractivity contribution in [1.29, 1.82) is 0 Å². The third kappa shape index (κ3) is 2.50. The summed E-state index contributed by atoms with van der Waals surface area (Å²) in [5, 5.41) is -0.495. The molecule has 0 aromatic heterocycles. The lowest BCUT2D eigenvalue weighted by Gasteiger charge is -2.18. The molecule has 1 aromatic rings. The van der Waals surface area contributed by atoms with E-state index < -0.39 is 5.24 Å². The number of allylic oxidation sites excluding steroid dienone is 1. The van der Waals surface area contributed by atoms with E-state index in [0.29, 0.717) is 19.0 Å². The van der Waals surface area contributed by atoms with Gasteiger partial charge >= 0.3 is 0 Å². The standard InChI is InChI=1S/C11H9ClO3/c12-11(13)4-2-8-1-3-9-10(7-8)15-6-5-14-9/h1-4,7H,5-6H2. The van der Waals surface area contributed by atoms with E-state index in [1.807, 2.05) is 18.2 Å². The molecule has 4 heteroatoms. The maximum absolute atomic E-state index is 10.5. The van der Waals surface area contributed by atoms with E-state index in [4.69, 9.17) is 21.1 Å². The molecule has 2 rings (SSSR count). The lowest BCUT2D eigenvalue weighted by molar-refractivity contribution is -0.107. The molecule has 1 aliphatic rings. The average Bonchev–Trinajstić information content (AvgIpc) is 2.26. The molecule has 0 bridgehead atoms. The van der Waals surface area contributed by atoms with Crippen molar-refractivity contribution >= 4 is 22.9 Å². The molecule has 15 heavy (non-hydrogen) atoms. The molecule has 0 saturated carbocycles. The van der Waals surface area contributed by atoms with Crippen molar-refractivity contribution in [3.63, 3.8) is 0 Å². The fourth-order valence-corrected chi connectivity index (χ4v) is 1.39. The van der Waals surface area contributed by atoms with Crippen LogP contribution in [0, 0.1) is 0 Å². The number of benzene rings is 1. The Hall–Kier alpha value is -1.48. The first-order valence-electron chi connectivity index (χ1n) is 4.53. The summed E-state index contributed by atoms with van der Waals surface area (Å²) in [5.41, 5.74) is 0.855. The van der Waals surface area contributed by atoms with Gasteiger partial charge in [0.1, 0.15) is 13.2 Å². The van der Waals surface area contributed by atoms with Crippen LogP contribution in [-0.2, 0) is 4.79 Å². The van der Waals surface area contributed by atoms with E-state index in [2.05, 4.69) is 0 Å². The Morgan fingerprint density at radius 1 is 1.27 bits per heavy atom. The number of halogens is 1. The van der Waals surface area contributed by atoms with Crippen molar-refractivity contribution < 1.29 is 14.3 Å². The smallest absolute Gasteiger partial charge is 0.245 e. The second-order valence-electron chi connectivity index (χ2n) is 3.04. The fourth-order valence-electron chi connectivity index (χ4n) is 1.33. The highest BCUT2D eigenvalue weighted by Crippen LogP contribution is 2.30. The van der Waals surface area contributed by atoms with E-state index in [1.165, 1.54) is 6.08 Å². The van der Waals surface area contributed by atoms with Crippen molar-refractivity contribution in [2.24, 2.45) is 0 Å². The van der Waals surface area contributed by atoms with Gasteiger partial charge < -0.3 is 9.47 Å². The normalized spacial score (nSPS) is 14.2. The van der Waals surface area contributed by atoms with Crippen LogP contribution in [0.25, 0.3) is 6.08 Å². The molecular weight excluding hydrogens is 216 g/mol. The summed E-state index contributed by atoms with van der Waals surface area (Å²) >= 11 is 5.19. The number of rotatable bonds is 2. The number of ether oxygens (including phenoxy) is 2. The summed E-state index contributed by atoms with van der Waals surface area (Å²) in [6.07, 6.45) is 2.93. The summed E-state index contributed by atoms with van der Waals surface area (Å²) in [6.45, 7) is 1.12. The zero-order chi connectivity index (χ0) is 10.7. The zero-order valence-electron chi connectivity index (χ0n) is 7.90. The molecule has 0 saturated heterocycles. The molecule has 3 nitrogen and oxygen atoms in total. The Morgan fingerprint density at radius 3 is 2.73 bits per heavy atom. The van der Waals surface area contributed by atoms with E-state index in [9.17, 15) is 4.79 Å². The number of carbonyl (C=O) groups excluding carboxylic acids is 1. The Balaban J connectivity index is 2.24. The summed E-state index contributed by atoms with van der Waals surface area (Å²) in [5.74, 6) is 1.43. The van der Waals surface area contributed by atoms with Crippen LogP contribution in [0.3, 0.4) is 0 Å². The van der Waals surface area contributed by atoms with Crippen molar-refractivity contribution in [2.75, 3.05) is 13.2 Å². The Kier molecular flexibility index (Phi) is 2.92. The molecular formula is C11H9ClO3. The summed E-state index contributed by atoms with van der Waals surface area (Å²) < 4.78 is 10.8. The van der Waals surface area contributed by atoms with Crippen molar-refractivity contribution in [3.8, 4) is 11.5 Å². The molecule has 0 spiro atoms. The van der Waals surface area contributed by atoms with Crippen LogP contribution in [0.15, 0.2) is 24.3 Å². The topological polar surface area (TPSA) is 35.5 Å². The first-order chi connectivity index (χ1) is 7.25. The quantitative estimate of drug-likeness (QED) is 0.571. The van der Waals surface area contributed by atoms with Crippen molar-refractivity contribution in [3.05, 3.63) is 29.8 Å². The minimum absolute atomic E-state index is 0.495. The van der Waals surface area contributed by atoms with Gasteiger partial charge in [-0.1, -0.05) is 12.1 Å². The van der Waals surface area contributed by atoms with Crippen LogP contribution >= 0.6 is 11.6 Å². The van der Waals surface area contributed by atoms with Gasteiger partial charge in [0.15, 0.2) is 11.5 Å². The highest BCUT2D eigenvalue weighted by molar-refractivity contribution is 6.66. The van der Waals surface area contributed by atoms with Gasteiger partial charge in [-0.05, 0) is 35.4 Å². The highest BCUT2D eigenvalue weighted by atomic mass is 35.5. The molecule has 1 heterocycles. The zero-order valence-corrected chi connectivity index (χ0v) is 8.66. The molecule has 78 valence electrons. The lowest BCUT2D eigenvalue weighted by atomic mass is 10.2. The number of hydrogen-bond acceptors (Lipinski definition) is 3. The first-order valence-corrected chi connectivity index (χ1v) is 4.91. The maximum atomic E-state index is 10.5. The fraction of sp³-hybridized carbons (Fsp3) is 0.182. The van der Waals surface area contributed by atoms with E-state index in [0.717, 1.165) is 11.3 Å². The van der Waals surface area contributed by atoms with Crippen LogP contribution in [0.4, 0.5) is 0 Å². The van der Waals surface area contributed by atoms with Gasteiger partial charge in [-0.25, -0.2) is 0 Å². The molecule has 0 unspecified atom stereocenters. The van der Waals surface area contributed by atoms with Crippen molar-refractivity contribution in [2.45, 2.75) is 0 Å². The Labute approximate surface area is 92.3 Å². The first kappa shape index (κ1) is 10.1. The molecule has 0 fully saturated rings. The van der Waals surface area contributed by atoms with Gasteiger partial charge in [0.25, 0.3) is 0 Å². The third-order valence-electron chi connectivity index (χ3n) is 1.97. The van der Waals surface area contributed by atoms with Gasteiger partial charge in [-0.3, -0.25) is 4.79 Å².